The van der Waals surface area contributed by atoms with E-state index in [-0.39, 0.29) is 29.7 Å². The molecule has 1 atom stereocenters. The number of hydrogen-bond donors (Lipinski definition) is 1. The van der Waals surface area contributed by atoms with Crippen LogP contribution in [0.1, 0.15) is 45.4 Å². The molecule has 1 N–H and O–H groups in total. The van der Waals surface area contributed by atoms with Gasteiger partial charge in [-0.3, -0.25) is 9.80 Å². The Balaban J connectivity index is 2.38. The van der Waals surface area contributed by atoms with Crippen LogP contribution in [0.25, 0.3) is 0 Å². The van der Waals surface area contributed by atoms with Gasteiger partial charge in [-0.25, -0.2) is 18.2 Å². The van der Waals surface area contributed by atoms with Gasteiger partial charge in [-0.2, -0.15) is 0 Å². The molecule has 1 aliphatic rings. The van der Waals surface area contributed by atoms with Crippen molar-refractivity contribution in [2.24, 2.45) is 0 Å². The van der Waals surface area contributed by atoms with Crippen molar-refractivity contribution in [1.82, 2.24) is 15.0 Å². The number of hydrogen-bond acceptors (Lipinski definition) is 6. The van der Waals surface area contributed by atoms with Gasteiger partial charge >= 0.3 is 5.97 Å². The SMILES string of the molecule is CCOC(=O)c1c(C)[nH]c(C(=O)N([C@@H]2CCS(=O)(=O)C2)N(C)C)c1C. The standard InChI is InChI=1S/C16H25N3O5S/c1-6-24-16(21)13-10(2)14(17-11(13)3)15(20)19(18(4)5)12-7-8-25(22,23)9-12/h12,17H,6-9H2,1-5H3/t12-/m1/s1. The van der Waals surface area contributed by atoms with Gasteiger partial charge in [-0.05, 0) is 32.8 Å². The molecule has 140 valence electrons. The minimum Gasteiger partial charge on any atom is -0.462 e. The number of aromatic nitrogens is 1. The van der Waals surface area contributed by atoms with Gasteiger partial charge in [-0.15, -0.1) is 0 Å². The van der Waals surface area contributed by atoms with Gasteiger partial charge in [0.1, 0.15) is 5.69 Å². The first-order valence-corrected chi connectivity index (χ1v) is 9.98. The van der Waals surface area contributed by atoms with Crippen LogP contribution in [0.4, 0.5) is 0 Å². The quantitative estimate of drug-likeness (QED) is 0.610. The number of H-pyrrole nitrogens is 1. The molecule has 0 spiro atoms. The highest BCUT2D eigenvalue weighted by atomic mass is 32.2. The maximum Gasteiger partial charge on any atom is 0.340 e. The topological polar surface area (TPSA) is 99.8 Å². The second-order valence-electron chi connectivity index (χ2n) is 6.40. The monoisotopic (exact) mass is 371 g/mol. The zero-order valence-electron chi connectivity index (χ0n) is 15.2. The number of nitrogens with one attached hydrogen (secondary N) is 1. The molecule has 25 heavy (non-hydrogen) atoms. The average molecular weight is 371 g/mol. The Hall–Kier alpha value is -1.87. The molecule has 2 rings (SSSR count). The minimum atomic E-state index is -3.13. The van der Waals surface area contributed by atoms with Crippen molar-refractivity contribution >= 4 is 21.7 Å². The van der Waals surface area contributed by atoms with E-state index in [2.05, 4.69) is 4.98 Å². The number of hydrazine groups is 1. The maximum absolute atomic E-state index is 13.1. The van der Waals surface area contributed by atoms with Crippen molar-refractivity contribution in [1.29, 1.82) is 0 Å². The lowest BCUT2D eigenvalue weighted by Crippen LogP contribution is -2.49. The maximum atomic E-state index is 13.1. The van der Waals surface area contributed by atoms with Crippen LogP contribution in [0.15, 0.2) is 0 Å². The molecule has 0 aromatic carbocycles. The number of nitrogens with zero attached hydrogens (tertiary/aromatic N) is 2. The van der Waals surface area contributed by atoms with Crippen LogP contribution >= 0.6 is 0 Å². The van der Waals surface area contributed by atoms with Crippen LogP contribution in [0.2, 0.25) is 0 Å². The molecule has 0 radical (unpaired) electrons. The van der Waals surface area contributed by atoms with Crippen molar-refractivity contribution in [2.45, 2.75) is 33.2 Å². The van der Waals surface area contributed by atoms with Crippen molar-refractivity contribution in [3.8, 4) is 0 Å². The van der Waals surface area contributed by atoms with Crippen LogP contribution in [0.3, 0.4) is 0 Å². The normalized spacial score (nSPS) is 19.2. The minimum absolute atomic E-state index is 0.0552. The van der Waals surface area contributed by atoms with Crippen molar-refractivity contribution < 1.29 is 22.7 Å². The lowest BCUT2D eigenvalue weighted by Gasteiger charge is -2.33. The van der Waals surface area contributed by atoms with E-state index < -0.39 is 21.8 Å². The number of rotatable bonds is 5. The largest absolute Gasteiger partial charge is 0.462 e. The first-order valence-electron chi connectivity index (χ1n) is 8.16. The fourth-order valence-electron chi connectivity index (χ4n) is 3.23. The lowest BCUT2D eigenvalue weighted by molar-refractivity contribution is 0.000450. The van der Waals surface area contributed by atoms with Gasteiger partial charge in [0.15, 0.2) is 9.84 Å². The van der Waals surface area contributed by atoms with Crippen LogP contribution < -0.4 is 0 Å². The summed E-state index contributed by atoms with van der Waals surface area (Å²) in [6.45, 7) is 5.35. The Bertz CT molecular complexity index is 782. The summed E-state index contributed by atoms with van der Waals surface area (Å²) in [6, 6.07) is -0.415. The van der Waals surface area contributed by atoms with Crippen molar-refractivity contribution in [3.05, 3.63) is 22.5 Å². The average Bonchev–Trinajstić information content (AvgIpc) is 2.98. The van der Waals surface area contributed by atoms with Gasteiger partial charge in [-0.1, -0.05) is 0 Å². The number of aromatic amines is 1. The molecule has 0 unspecified atom stereocenters. The number of aryl methyl sites for hydroxylation is 1. The molecule has 8 nitrogen and oxygen atoms in total. The Morgan fingerprint density at radius 3 is 2.40 bits per heavy atom. The molecule has 1 aliphatic heterocycles. The summed E-state index contributed by atoms with van der Waals surface area (Å²) < 4.78 is 28.6. The predicted molar refractivity (Wildman–Crippen MR) is 93.1 cm³/mol. The number of ether oxygens (including phenoxy) is 1. The smallest absolute Gasteiger partial charge is 0.340 e. The first kappa shape index (κ1) is 19.5. The molecule has 0 bridgehead atoms. The summed E-state index contributed by atoms with van der Waals surface area (Å²) in [6.07, 6.45) is 0.399. The molecular weight excluding hydrogens is 346 g/mol. The van der Waals surface area contributed by atoms with E-state index >= 15 is 0 Å². The molecule has 1 aromatic heterocycles. The second-order valence-corrected chi connectivity index (χ2v) is 8.63. The van der Waals surface area contributed by atoms with Crippen LogP contribution in [0, 0.1) is 13.8 Å². The summed E-state index contributed by atoms with van der Waals surface area (Å²) in [5.41, 5.74) is 1.69. The second kappa shape index (κ2) is 7.17. The summed E-state index contributed by atoms with van der Waals surface area (Å²) >= 11 is 0. The number of carbonyl (C=O) groups excluding carboxylic acids is 2. The molecular formula is C16H25N3O5S. The Morgan fingerprint density at radius 1 is 1.28 bits per heavy atom. The zero-order valence-corrected chi connectivity index (χ0v) is 16.1. The highest BCUT2D eigenvalue weighted by molar-refractivity contribution is 7.91. The van der Waals surface area contributed by atoms with Gasteiger partial charge < -0.3 is 9.72 Å². The highest BCUT2D eigenvalue weighted by Crippen LogP contribution is 2.24. The summed E-state index contributed by atoms with van der Waals surface area (Å²) in [4.78, 5) is 28.1. The van der Waals surface area contributed by atoms with E-state index in [4.69, 9.17) is 4.74 Å². The predicted octanol–water partition coefficient (Wildman–Crippen LogP) is 0.914. The fraction of sp³-hybridized carbons (Fsp3) is 0.625. The Kier molecular flexibility index (Phi) is 5.58. The van der Waals surface area contributed by atoms with E-state index in [9.17, 15) is 18.0 Å². The third-order valence-electron chi connectivity index (χ3n) is 4.32. The van der Waals surface area contributed by atoms with Crippen LogP contribution in [0.5, 0.6) is 0 Å². The van der Waals surface area contributed by atoms with E-state index in [0.29, 0.717) is 23.2 Å². The third-order valence-corrected chi connectivity index (χ3v) is 6.07. The number of amides is 1. The summed E-state index contributed by atoms with van der Waals surface area (Å²) in [7, 11) is 0.261. The molecule has 1 fully saturated rings. The number of sulfone groups is 1. The van der Waals surface area contributed by atoms with Crippen LogP contribution in [-0.2, 0) is 14.6 Å². The van der Waals surface area contributed by atoms with E-state index in [1.54, 1.807) is 39.9 Å². The molecule has 1 saturated heterocycles. The van der Waals surface area contributed by atoms with Gasteiger partial charge in [0.2, 0.25) is 0 Å². The number of carbonyl (C=O) groups is 2. The number of esters is 1. The third kappa shape index (κ3) is 3.87. The first-order chi connectivity index (χ1) is 11.6. The molecule has 1 aromatic rings. The van der Waals surface area contributed by atoms with Crippen molar-refractivity contribution in [2.75, 3.05) is 32.2 Å². The van der Waals surface area contributed by atoms with Crippen molar-refractivity contribution in [3.63, 3.8) is 0 Å². The lowest BCUT2D eigenvalue weighted by atomic mass is 10.1. The van der Waals surface area contributed by atoms with Crippen LogP contribution in [-0.4, -0.2) is 73.5 Å². The van der Waals surface area contributed by atoms with Gasteiger partial charge in [0.05, 0.1) is 29.7 Å². The summed E-state index contributed by atoms with van der Waals surface area (Å²) in [5, 5.41) is 3.03. The molecule has 1 amide bonds. The molecule has 0 saturated carbocycles. The van der Waals surface area contributed by atoms with E-state index in [0.717, 1.165) is 0 Å². The highest BCUT2D eigenvalue weighted by Gasteiger charge is 2.37. The van der Waals surface area contributed by atoms with Gasteiger partial charge in [0.25, 0.3) is 5.91 Å². The van der Waals surface area contributed by atoms with Gasteiger partial charge in [0, 0.05) is 19.8 Å². The molecule has 9 heteroatoms. The van der Waals surface area contributed by atoms with E-state index in [1.165, 1.54) is 5.01 Å². The Morgan fingerprint density at radius 2 is 1.92 bits per heavy atom. The fourth-order valence-corrected chi connectivity index (χ4v) is 4.92. The Labute approximate surface area is 148 Å². The van der Waals surface area contributed by atoms with E-state index in [1.807, 2.05) is 0 Å². The zero-order chi connectivity index (χ0) is 18.9. The molecule has 0 aliphatic carbocycles. The molecule has 2 heterocycles. The summed E-state index contributed by atoms with van der Waals surface area (Å²) in [5.74, 6) is -0.817.